The maximum atomic E-state index is 11.6. The number of fused-ring (bicyclic) bond motifs is 2. The molecule has 4 aromatic heterocycles. The lowest BCUT2D eigenvalue weighted by molar-refractivity contribution is -0.124. The number of hydrogen-bond acceptors (Lipinski definition) is 8. The Hall–Kier alpha value is -5.30. The van der Waals surface area contributed by atoms with Crippen LogP contribution in [0.5, 0.6) is 11.5 Å². The Morgan fingerprint density at radius 1 is 1.16 bits per heavy atom. The number of amides is 1. The molecule has 1 aromatic carbocycles. The van der Waals surface area contributed by atoms with Crippen molar-refractivity contribution in [3.8, 4) is 23.3 Å². The predicted octanol–water partition coefficient (Wildman–Crippen LogP) is 3.91. The van der Waals surface area contributed by atoms with E-state index in [1.165, 1.54) is 23.6 Å². The molecule has 5 aromatic rings. The predicted molar refractivity (Wildman–Crippen MR) is 140 cm³/mol. The lowest BCUT2D eigenvalue weighted by Crippen LogP contribution is -2.24. The zero-order valence-electron chi connectivity index (χ0n) is 20.2. The average molecular weight is 491 g/mol. The van der Waals surface area contributed by atoms with E-state index in [2.05, 4.69) is 48.8 Å². The summed E-state index contributed by atoms with van der Waals surface area (Å²) in [5.74, 6) is 7.82. The lowest BCUT2D eigenvalue weighted by atomic mass is 10.2. The summed E-state index contributed by atoms with van der Waals surface area (Å²) in [5, 5.41) is 8.17. The van der Waals surface area contributed by atoms with Gasteiger partial charge in [0.1, 0.15) is 30.0 Å². The highest BCUT2D eigenvalue weighted by Crippen LogP contribution is 2.30. The third-order valence-corrected chi connectivity index (χ3v) is 5.51. The Balaban J connectivity index is 1.35. The Kier molecular flexibility index (Phi) is 6.42. The summed E-state index contributed by atoms with van der Waals surface area (Å²) in [6, 6.07) is 11.3. The van der Waals surface area contributed by atoms with Crippen LogP contribution in [0.2, 0.25) is 0 Å². The van der Waals surface area contributed by atoms with Crippen molar-refractivity contribution in [1.82, 2.24) is 34.4 Å². The first-order chi connectivity index (χ1) is 18.0. The summed E-state index contributed by atoms with van der Waals surface area (Å²) in [6.45, 7) is 5.73. The second kappa shape index (κ2) is 10.1. The molecular formula is C27H22N8O2. The van der Waals surface area contributed by atoms with Crippen molar-refractivity contribution in [2.75, 3.05) is 18.9 Å². The Labute approximate surface area is 212 Å². The highest BCUT2D eigenvalue weighted by atomic mass is 16.5. The van der Waals surface area contributed by atoms with E-state index in [0.29, 0.717) is 28.4 Å². The number of anilines is 2. The van der Waals surface area contributed by atoms with E-state index in [-0.39, 0.29) is 12.5 Å². The molecule has 0 saturated carbocycles. The minimum Gasteiger partial charge on any atom is -0.457 e. The minimum absolute atomic E-state index is 0.186. The molecule has 0 radical (unpaired) electrons. The quantitative estimate of drug-likeness (QED) is 0.282. The van der Waals surface area contributed by atoms with Crippen LogP contribution in [0.4, 0.5) is 11.5 Å². The van der Waals surface area contributed by atoms with Gasteiger partial charge in [-0.05, 0) is 48.9 Å². The number of nitrogens with zero attached hydrogens (tertiary/aromatic N) is 7. The van der Waals surface area contributed by atoms with Crippen LogP contribution < -0.4 is 10.1 Å². The number of benzene rings is 1. The fourth-order valence-electron chi connectivity index (χ4n) is 3.57. The van der Waals surface area contributed by atoms with Crippen LogP contribution >= 0.6 is 0 Å². The van der Waals surface area contributed by atoms with Gasteiger partial charge in [-0.2, -0.15) is 5.10 Å². The molecular weight excluding hydrogens is 468 g/mol. The molecule has 0 fully saturated rings. The molecule has 0 aliphatic heterocycles. The number of aryl methyl sites for hydroxylation is 1. The Morgan fingerprint density at radius 3 is 2.89 bits per heavy atom. The lowest BCUT2D eigenvalue weighted by Gasteiger charge is -2.12. The summed E-state index contributed by atoms with van der Waals surface area (Å²) >= 11 is 0. The van der Waals surface area contributed by atoms with Crippen molar-refractivity contribution in [2.45, 2.75) is 6.92 Å². The number of rotatable bonds is 6. The highest BCUT2D eigenvalue weighted by Gasteiger charge is 2.09. The first kappa shape index (κ1) is 23.4. The van der Waals surface area contributed by atoms with Crippen LogP contribution in [0, 0.1) is 18.8 Å². The number of carbonyl (C=O) groups excluding carboxylic acids is 1. The molecule has 0 atom stereocenters. The maximum absolute atomic E-state index is 11.6. The van der Waals surface area contributed by atoms with Gasteiger partial charge in [-0.25, -0.2) is 24.5 Å². The van der Waals surface area contributed by atoms with E-state index >= 15 is 0 Å². The molecule has 0 saturated heterocycles. The van der Waals surface area contributed by atoms with E-state index in [1.807, 2.05) is 43.3 Å². The summed E-state index contributed by atoms with van der Waals surface area (Å²) < 4.78 is 7.74. The van der Waals surface area contributed by atoms with Gasteiger partial charge >= 0.3 is 0 Å². The van der Waals surface area contributed by atoms with Gasteiger partial charge < -0.3 is 15.0 Å². The topological polar surface area (TPSA) is 110 Å². The molecule has 10 nitrogen and oxygen atoms in total. The summed E-state index contributed by atoms with van der Waals surface area (Å²) in [5.41, 5.74) is 3.71. The number of hydrogen-bond donors (Lipinski definition) is 1. The van der Waals surface area contributed by atoms with Gasteiger partial charge in [-0.15, -0.1) is 0 Å². The average Bonchev–Trinajstić information content (AvgIpc) is 3.38. The molecule has 5 rings (SSSR count). The van der Waals surface area contributed by atoms with Crippen molar-refractivity contribution in [1.29, 1.82) is 0 Å². The first-order valence-electron chi connectivity index (χ1n) is 11.3. The number of likely N-dealkylation sites (N-methyl/N-ethyl adjacent to an activating group) is 1. The molecule has 0 spiro atoms. The zero-order valence-corrected chi connectivity index (χ0v) is 20.2. The van der Waals surface area contributed by atoms with Gasteiger partial charge in [0.15, 0.2) is 11.3 Å². The van der Waals surface area contributed by atoms with Gasteiger partial charge in [0.2, 0.25) is 5.91 Å². The molecule has 0 bridgehead atoms. The van der Waals surface area contributed by atoms with E-state index in [0.717, 1.165) is 22.4 Å². The van der Waals surface area contributed by atoms with Gasteiger partial charge in [0.05, 0.1) is 11.9 Å². The van der Waals surface area contributed by atoms with Crippen LogP contribution in [0.25, 0.3) is 16.7 Å². The third-order valence-electron chi connectivity index (χ3n) is 5.51. The smallest absolute Gasteiger partial charge is 0.246 e. The maximum Gasteiger partial charge on any atom is 0.246 e. The normalized spacial score (nSPS) is 10.5. The minimum atomic E-state index is -0.186. The second-order valence-electron chi connectivity index (χ2n) is 8.15. The van der Waals surface area contributed by atoms with Gasteiger partial charge in [0.25, 0.3) is 0 Å². The molecule has 37 heavy (non-hydrogen) atoms. The van der Waals surface area contributed by atoms with Crippen molar-refractivity contribution < 1.29 is 9.53 Å². The molecule has 1 amide bonds. The molecule has 0 aliphatic rings. The fraction of sp³-hybridized carbons (Fsp3) is 0.111. The highest BCUT2D eigenvalue weighted by molar-refractivity contribution is 5.89. The molecule has 1 N–H and O–H groups in total. The van der Waals surface area contributed by atoms with Crippen LogP contribution in [0.3, 0.4) is 0 Å². The second-order valence-corrected chi connectivity index (χ2v) is 8.15. The SMILES string of the molecule is C=CC(=O)N(C)CC#Cc1cnc2ncnc(Nc3ccc(Oc4ccn5ncnc5c4)c(C)c3)c2c1. The standard InChI is InChI=1S/C27H22N8O2/c1-4-25(36)34(3)10-5-6-19-13-22-26(28-15-19)30-16-31-27(22)33-20-7-8-23(18(2)12-20)37-21-9-11-35-24(14-21)29-17-32-35/h4,7-9,11-17H,1,10H2,2-3H3,(H,28,30,31,33). The van der Waals surface area contributed by atoms with Crippen molar-refractivity contribution in [2.24, 2.45) is 0 Å². The van der Waals surface area contributed by atoms with Crippen LogP contribution in [0.1, 0.15) is 11.1 Å². The Morgan fingerprint density at radius 2 is 2.05 bits per heavy atom. The fourth-order valence-corrected chi connectivity index (χ4v) is 3.57. The first-order valence-corrected chi connectivity index (χ1v) is 11.3. The number of pyridine rings is 2. The number of carbonyl (C=O) groups is 1. The van der Waals surface area contributed by atoms with E-state index in [4.69, 9.17) is 4.74 Å². The Bertz CT molecular complexity index is 1700. The summed E-state index contributed by atoms with van der Waals surface area (Å²) in [4.78, 5) is 30.4. The van der Waals surface area contributed by atoms with Gasteiger partial charge in [-0.3, -0.25) is 4.79 Å². The molecule has 0 unspecified atom stereocenters. The van der Waals surface area contributed by atoms with Crippen molar-refractivity contribution >= 4 is 34.1 Å². The van der Waals surface area contributed by atoms with Crippen LogP contribution in [0.15, 0.2) is 74.1 Å². The van der Waals surface area contributed by atoms with Crippen molar-refractivity contribution in [3.63, 3.8) is 0 Å². The van der Waals surface area contributed by atoms with Crippen molar-refractivity contribution in [3.05, 3.63) is 85.2 Å². The van der Waals surface area contributed by atoms with Crippen LogP contribution in [-0.4, -0.2) is 53.9 Å². The zero-order chi connectivity index (χ0) is 25.8. The largest absolute Gasteiger partial charge is 0.457 e. The molecule has 0 aliphatic carbocycles. The van der Waals surface area contributed by atoms with Gasteiger partial charge in [0, 0.05) is 36.8 Å². The summed E-state index contributed by atoms with van der Waals surface area (Å²) in [7, 11) is 1.67. The van der Waals surface area contributed by atoms with E-state index < -0.39 is 0 Å². The van der Waals surface area contributed by atoms with Gasteiger partial charge in [-0.1, -0.05) is 18.4 Å². The number of ether oxygens (including phenoxy) is 1. The van der Waals surface area contributed by atoms with E-state index in [1.54, 1.807) is 24.0 Å². The number of aromatic nitrogens is 6. The number of nitrogens with one attached hydrogen (secondary N) is 1. The molecule has 4 heterocycles. The molecule has 10 heteroatoms. The van der Waals surface area contributed by atoms with E-state index in [9.17, 15) is 4.79 Å². The summed E-state index contributed by atoms with van der Waals surface area (Å²) in [6.07, 6.45) is 7.66. The van der Waals surface area contributed by atoms with Crippen LogP contribution in [-0.2, 0) is 4.79 Å². The molecule has 182 valence electrons. The monoisotopic (exact) mass is 490 g/mol. The third kappa shape index (κ3) is 5.21.